The van der Waals surface area contributed by atoms with E-state index in [4.69, 9.17) is 10.5 Å². The summed E-state index contributed by atoms with van der Waals surface area (Å²) < 4.78 is 34.6. The number of ether oxygens (including phenoxy) is 2. The Morgan fingerprint density at radius 1 is 1.36 bits per heavy atom. The van der Waals surface area contributed by atoms with Crippen molar-refractivity contribution in [3.63, 3.8) is 0 Å². The number of piperidine rings is 1. The molecule has 6 heteroatoms. The van der Waals surface area contributed by atoms with E-state index in [0.717, 1.165) is 24.9 Å². The molecule has 0 saturated carbocycles. The molecule has 2 rings (SSSR count). The average Bonchev–Trinajstić information content (AvgIpc) is 2.48. The smallest absolute Gasteiger partial charge is 0.387 e. The summed E-state index contributed by atoms with van der Waals surface area (Å²) in [5.41, 5.74) is 6.79. The molecule has 1 heterocycles. The Kier molecular flexibility index (Phi) is 5.97. The van der Waals surface area contributed by atoms with Crippen LogP contribution in [0.3, 0.4) is 0 Å². The molecular weight excluding hydrogens is 290 g/mol. The molecule has 1 fully saturated rings. The van der Waals surface area contributed by atoms with Crippen molar-refractivity contribution in [2.75, 3.05) is 20.2 Å². The van der Waals surface area contributed by atoms with Crippen LogP contribution in [0.1, 0.15) is 25.3 Å². The molecule has 0 aromatic heterocycles. The Morgan fingerprint density at radius 2 is 2.14 bits per heavy atom. The van der Waals surface area contributed by atoms with Crippen LogP contribution in [-0.4, -0.2) is 37.8 Å². The number of nitrogens with two attached hydrogens (primary N) is 1. The second-order valence-electron chi connectivity index (χ2n) is 5.85. The van der Waals surface area contributed by atoms with Gasteiger partial charge in [0.15, 0.2) is 11.5 Å². The highest BCUT2D eigenvalue weighted by Crippen LogP contribution is 2.31. The first-order chi connectivity index (χ1) is 10.5. The lowest BCUT2D eigenvalue weighted by atomic mass is 9.92. The third kappa shape index (κ3) is 4.30. The third-order valence-electron chi connectivity index (χ3n) is 4.20. The fourth-order valence-corrected chi connectivity index (χ4v) is 3.00. The van der Waals surface area contributed by atoms with Gasteiger partial charge in [-0.2, -0.15) is 8.78 Å². The van der Waals surface area contributed by atoms with E-state index in [1.807, 2.05) is 6.07 Å². The molecule has 2 unspecified atom stereocenters. The summed E-state index contributed by atoms with van der Waals surface area (Å²) in [7, 11) is 1.43. The number of methoxy groups -OCH3 is 1. The van der Waals surface area contributed by atoms with Crippen LogP contribution in [0.2, 0.25) is 0 Å². The Morgan fingerprint density at radius 3 is 2.77 bits per heavy atom. The van der Waals surface area contributed by atoms with Gasteiger partial charge in [0.25, 0.3) is 0 Å². The largest absolute Gasteiger partial charge is 0.493 e. The van der Waals surface area contributed by atoms with Crippen molar-refractivity contribution in [2.45, 2.75) is 39.0 Å². The van der Waals surface area contributed by atoms with Crippen molar-refractivity contribution in [3.05, 3.63) is 23.8 Å². The molecule has 1 aromatic carbocycles. The molecule has 0 spiro atoms. The molecule has 22 heavy (non-hydrogen) atoms. The Hall–Kier alpha value is -1.40. The molecule has 4 nitrogen and oxygen atoms in total. The average molecular weight is 314 g/mol. The van der Waals surface area contributed by atoms with Crippen LogP contribution < -0.4 is 15.2 Å². The van der Waals surface area contributed by atoms with Gasteiger partial charge in [-0.1, -0.05) is 13.0 Å². The summed E-state index contributed by atoms with van der Waals surface area (Å²) in [5.74, 6) is 1.06. The third-order valence-corrected chi connectivity index (χ3v) is 4.20. The van der Waals surface area contributed by atoms with Gasteiger partial charge < -0.3 is 15.2 Å². The molecule has 0 amide bonds. The van der Waals surface area contributed by atoms with Crippen LogP contribution in [0.25, 0.3) is 0 Å². The summed E-state index contributed by atoms with van der Waals surface area (Å²) in [4.78, 5) is 2.31. The first kappa shape index (κ1) is 17.0. The van der Waals surface area contributed by atoms with E-state index in [1.165, 1.54) is 7.11 Å². The first-order valence-electron chi connectivity index (χ1n) is 7.59. The van der Waals surface area contributed by atoms with Crippen LogP contribution in [0, 0.1) is 5.92 Å². The van der Waals surface area contributed by atoms with Gasteiger partial charge in [0.05, 0.1) is 7.11 Å². The van der Waals surface area contributed by atoms with Gasteiger partial charge in [-0.25, -0.2) is 0 Å². The van der Waals surface area contributed by atoms with E-state index in [-0.39, 0.29) is 5.75 Å². The lowest BCUT2D eigenvalue weighted by molar-refractivity contribution is -0.0512. The number of benzene rings is 1. The SMILES string of the molecule is COc1ccc(CN2CCC(C)CC2CN)cc1OC(F)F. The fourth-order valence-electron chi connectivity index (χ4n) is 3.00. The van der Waals surface area contributed by atoms with Crippen molar-refractivity contribution in [3.8, 4) is 11.5 Å². The van der Waals surface area contributed by atoms with Crippen molar-refractivity contribution in [1.82, 2.24) is 4.90 Å². The van der Waals surface area contributed by atoms with Crippen LogP contribution in [0.15, 0.2) is 18.2 Å². The molecule has 0 bridgehead atoms. The van der Waals surface area contributed by atoms with Crippen LogP contribution in [-0.2, 0) is 6.54 Å². The maximum Gasteiger partial charge on any atom is 0.387 e. The monoisotopic (exact) mass is 314 g/mol. The van der Waals surface area contributed by atoms with E-state index >= 15 is 0 Å². The van der Waals surface area contributed by atoms with Gasteiger partial charge in [0, 0.05) is 19.1 Å². The van der Waals surface area contributed by atoms with E-state index in [0.29, 0.717) is 30.8 Å². The van der Waals surface area contributed by atoms with Crippen LogP contribution in [0.4, 0.5) is 8.78 Å². The zero-order valence-electron chi connectivity index (χ0n) is 13.1. The number of halogens is 2. The van der Waals surface area contributed by atoms with E-state index in [9.17, 15) is 8.78 Å². The van der Waals surface area contributed by atoms with Gasteiger partial charge in [0.1, 0.15) is 0 Å². The van der Waals surface area contributed by atoms with E-state index in [1.54, 1.807) is 12.1 Å². The van der Waals surface area contributed by atoms with Gasteiger partial charge in [-0.05, 0) is 43.0 Å². The second kappa shape index (κ2) is 7.74. The number of hydrogen-bond donors (Lipinski definition) is 1. The maximum atomic E-state index is 12.5. The number of alkyl halides is 2. The summed E-state index contributed by atoms with van der Waals surface area (Å²) in [6, 6.07) is 5.50. The quantitative estimate of drug-likeness (QED) is 0.877. The highest BCUT2D eigenvalue weighted by atomic mass is 19.3. The molecule has 0 radical (unpaired) electrons. The number of rotatable bonds is 6. The van der Waals surface area contributed by atoms with E-state index < -0.39 is 6.61 Å². The molecule has 1 saturated heterocycles. The Labute approximate surface area is 130 Å². The molecular formula is C16H24F2N2O2. The minimum Gasteiger partial charge on any atom is -0.493 e. The number of hydrogen-bond acceptors (Lipinski definition) is 4. The second-order valence-corrected chi connectivity index (χ2v) is 5.85. The molecule has 1 aliphatic rings. The summed E-state index contributed by atoms with van der Waals surface area (Å²) in [6.45, 7) is 1.64. The molecule has 2 N–H and O–H groups in total. The summed E-state index contributed by atoms with van der Waals surface area (Å²) >= 11 is 0. The Bertz CT molecular complexity index is 485. The van der Waals surface area contributed by atoms with Crippen LogP contribution >= 0.6 is 0 Å². The van der Waals surface area contributed by atoms with Crippen LogP contribution in [0.5, 0.6) is 11.5 Å². The van der Waals surface area contributed by atoms with E-state index in [2.05, 4.69) is 16.6 Å². The highest BCUT2D eigenvalue weighted by Gasteiger charge is 2.25. The lowest BCUT2D eigenvalue weighted by Crippen LogP contribution is -2.45. The van der Waals surface area contributed by atoms with Crippen molar-refractivity contribution in [2.24, 2.45) is 11.7 Å². The number of nitrogens with zero attached hydrogens (tertiary/aromatic N) is 1. The maximum absolute atomic E-state index is 12.5. The number of likely N-dealkylation sites (tertiary alicyclic amines) is 1. The minimum atomic E-state index is -2.86. The Balaban J connectivity index is 2.11. The fraction of sp³-hybridized carbons (Fsp3) is 0.625. The van der Waals surface area contributed by atoms with Crippen molar-refractivity contribution >= 4 is 0 Å². The van der Waals surface area contributed by atoms with Crippen molar-refractivity contribution in [1.29, 1.82) is 0 Å². The van der Waals surface area contributed by atoms with Crippen molar-refractivity contribution < 1.29 is 18.3 Å². The topological polar surface area (TPSA) is 47.7 Å². The van der Waals surface area contributed by atoms with Gasteiger partial charge in [-0.15, -0.1) is 0 Å². The summed E-state index contributed by atoms with van der Waals surface area (Å²) in [6.07, 6.45) is 2.21. The van der Waals surface area contributed by atoms with Gasteiger partial charge >= 0.3 is 6.61 Å². The first-order valence-corrected chi connectivity index (χ1v) is 7.59. The zero-order chi connectivity index (χ0) is 16.1. The van der Waals surface area contributed by atoms with Gasteiger partial charge in [-0.3, -0.25) is 4.90 Å². The predicted octanol–water partition coefficient (Wildman–Crippen LogP) is 2.86. The predicted molar refractivity (Wildman–Crippen MR) is 81.3 cm³/mol. The summed E-state index contributed by atoms with van der Waals surface area (Å²) in [5, 5.41) is 0. The normalized spacial score (nSPS) is 22.8. The zero-order valence-corrected chi connectivity index (χ0v) is 13.1. The molecule has 2 atom stereocenters. The molecule has 1 aromatic rings. The molecule has 0 aliphatic carbocycles. The van der Waals surface area contributed by atoms with Gasteiger partial charge in [0.2, 0.25) is 0 Å². The standard InChI is InChI=1S/C16H24F2N2O2/c1-11-5-6-20(13(7-11)9-19)10-12-3-4-14(21-2)15(8-12)22-16(17)18/h3-4,8,11,13,16H,5-7,9-10,19H2,1-2H3. The lowest BCUT2D eigenvalue weighted by Gasteiger charge is -2.38. The highest BCUT2D eigenvalue weighted by molar-refractivity contribution is 5.43. The minimum absolute atomic E-state index is 0.0738. The molecule has 1 aliphatic heterocycles. The molecule has 124 valence electrons.